The highest BCUT2D eigenvalue weighted by atomic mass is 19.1. The zero-order valence-electron chi connectivity index (χ0n) is 29.2. The van der Waals surface area contributed by atoms with E-state index >= 15 is 0 Å². The molecule has 0 heterocycles. The molecule has 4 fully saturated rings. The van der Waals surface area contributed by atoms with Gasteiger partial charge in [0.15, 0.2) is 0 Å². The van der Waals surface area contributed by atoms with E-state index in [1.54, 1.807) is 12.1 Å². The maximum atomic E-state index is 14.3. The molecule has 0 unspecified atom stereocenters. The third-order valence-corrected chi connectivity index (χ3v) is 13.3. The van der Waals surface area contributed by atoms with Crippen molar-refractivity contribution in [3.63, 3.8) is 0 Å². The number of aliphatic hydroxyl groups excluding tert-OH is 2. The summed E-state index contributed by atoms with van der Waals surface area (Å²) in [5, 5.41) is 26.2. The van der Waals surface area contributed by atoms with Gasteiger partial charge in [0.1, 0.15) is 11.9 Å². The van der Waals surface area contributed by atoms with Crippen molar-refractivity contribution < 1.29 is 28.9 Å². The fourth-order valence-corrected chi connectivity index (χ4v) is 10.9. The number of halogens is 1. The zero-order chi connectivity index (χ0) is 33.8. The van der Waals surface area contributed by atoms with Crippen LogP contribution in [0.25, 0.3) is 0 Å². The lowest BCUT2D eigenvalue weighted by Gasteiger charge is -2.69. The molecule has 0 radical (unpaired) electrons. The summed E-state index contributed by atoms with van der Waals surface area (Å²) in [6.45, 7) is 16.6. The molecule has 254 valence electrons. The molecule has 4 aliphatic rings. The number of carbonyl (C=O) groups excluding carboxylic acids is 2. The van der Waals surface area contributed by atoms with Crippen molar-refractivity contribution >= 4 is 11.9 Å². The molecule has 4 aliphatic carbocycles. The SMILES string of the molecule is CC(=O)O[C@H]1C[C@@]2(C)[C@@H](C[C@@H](O)[C@H]3[C@@]4(C)CC[C@@H](O)[C@@H](C)[C@@H]4CC[C@@]32C)/C1=C(\CCC=C(C)C)C(=O)N[C@H](C)c1ccc(F)cc1. The maximum Gasteiger partial charge on any atom is 0.303 e. The van der Waals surface area contributed by atoms with Crippen LogP contribution in [0.15, 0.2) is 47.1 Å². The molecular formula is C39H56FNO5. The molecule has 5 rings (SSSR count). The maximum absolute atomic E-state index is 14.3. The Bertz CT molecular complexity index is 1380. The highest BCUT2D eigenvalue weighted by molar-refractivity contribution is 5.95. The average Bonchev–Trinajstić information content (AvgIpc) is 3.24. The Balaban J connectivity index is 1.59. The van der Waals surface area contributed by atoms with Crippen molar-refractivity contribution in [2.45, 2.75) is 131 Å². The van der Waals surface area contributed by atoms with Crippen molar-refractivity contribution in [3.8, 4) is 0 Å². The van der Waals surface area contributed by atoms with Gasteiger partial charge in [0.25, 0.3) is 0 Å². The Labute approximate surface area is 275 Å². The first-order chi connectivity index (χ1) is 21.5. The van der Waals surface area contributed by atoms with Crippen LogP contribution in [0, 0.1) is 45.7 Å². The van der Waals surface area contributed by atoms with Gasteiger partial charge in [-0.2, -0.15) is 0 Å². The summed E-state index contributed by atoms with van der Waals surface area (Å²) in [4.78, 5) is 26.9. The van der Waals surface area contributed by atoms with Gasteiger partial charge in [-0.05, 0) is 135 Å². The van der Waals surface area contributed by atoms with Crippen molar-refractivity contribution in [2.24, 2.45) is 39.9 Å². The average molecular weight is 638 g/mol. The largest absolute Gasteiger partial charge is 0.458 e. The highest BCUT2D eigenvalue weighted by Crippen LogP contribution is 2.74. The number of hydrogen-bond donors (Lipinski definition) is 3. The number of hydrogen-bond acceptors (Lipinski definition) is 5. The second-order valence-corrected chi connectivity index (χ2v) is 16.1. The first-order valence-corrected chi connectivity index (χ1v) is 17.5. The molecule has 11 atom stereocenters. The van der Waals surface area contributed by atoms with Crippen molar-refractivity contribution in [2.75, 3.05) is 0 Å². The number of esters is 1. The van der Waals surface area contributed by atoms with Crippen LogP contribution >= 0.6 is 0 Å². The van der Waals surface area contributed by atoms with Gasteiger partial charge in [0, 0.05) is 12.5 Å². The Morgan fingerprint density at radius 2 is 1.72 bits per heavy atom. The number of benzene rings is 1. The van der Waals surface area contributed by atoms with Crippen molar-refractivity contribution in [1.82, 2.24) is 5.32 Å². The monoisotopic (exact) mass is 637 g/mol. The van der Waals surface area contributed by atoms with Gasteiger partial charge < -0.3 is 20.3 Å². The van der Waals surface area contributed by atoms with Crippen LogP contribution < -0.4 is 5.32 Å². The van der Waals surface area contributed by atoms with E-state index in [0.717, 1.165) is 42.4 Å². The summed E-state index contributed by atoms with van der Waals surface area (Å²) in [6.07, 6.45) is 6.48. The van der Waals surface area contributed by atoms with Gasteiger partial charge in [-0.1, -0.05) is 51.5 Å². The molecule has 6 nitrogen and oxygen atoms in total. The van der Waals surface area contributed by atoms with E-state index in [1.807, 2.05) is 20.8 Å². The number of carbonyl (C=O) groups is 2. The normalized spacial score (nSPS) is 40.1. The second kappa shape index (κ2) is 12.8. The zero-order valence-corrected chi connectivity index (χ0v) is 29.2. The van der Waals surface area contributed by atoms with Gasteiger partial charge in [0.2, 0.25) is 5.91 Å². The molecule has 46 heavy (non-hydrogen) atoms. The summed E-state index contributed by atoms with van der Waals surface area (Å²) < 4.78 is 19.8. The van der Waals surface area contributed by atoms with E-state index in [9.17, 15) is 24.2 Å². The lowest BCUT2D eigenvalue weighted by Crippen LogP contribution is -2.65. The minimum atomic E-state index is -0.579. The summed E-state index contributed by atoms with van der Waals surface area (Å²) in [5.41, 5.74) is 2.78. The lowest BCUT2D eigenvalue weighted by molar-refractivity contribution is -0.234. The molecule has 1 aromatic rings. The molecule has 1 aromatic carbocycles. The predicted molar refractivity (Wildman–Crippen MR) is 178 cm³/mol. The number of aliphatic hydroxyl groups is 2. The standard InChI is InChI=1S/C39H56FNO5/c1-22(2)10-9-11-28(36(45)41-24(4)26-12-14-27(40)15-13-26)34-30-20-32(44)35-37(6)18-17-31(43)23(3)29(37)16-19-38(35,7)39(30,8)21-33(34)46-25(5)42/h10,12-15,23-24,29-33,35,43-44H,9,11,16-21H2,1-8H3,(H,41,45)/b34-28-/t23-,24+,29-,30-,31+,32+,33-,35-,37-,38-,39-/m0/s1. The molecule has 4 saturated carbocycles. The van der Waals surface area contributed by atoms with E-state index in [2.05, 4.69) is 39.1 Å². The fourth-order valence-electron chi connectivity index (χ4n) is 10.9. The van der Waals surface area contributed by atoms with Crippen LogP contribution in [0.2, 0.25) is 0 Å². The van der Waals surface area contributed by atoms with Crippen molar-refractivity contribution in [3.05, 3.63) is 58.4 Å². The third-order valence-electron chi connectivity index (χ3n) is 13.3. The van der Waals surface area contributed by atoms with E-state index in [-0.39, 0.29) is 63.8 Å². The number of ether oxygens (including phenoxy) is 1. The number of rotatable bonds is 7. The lowest BCUT2D eigenvalue weighted by atomic mass is 9.36. The topological polar surface area (TPSA) is 95.9 Å². The molecular weight excluding hydrogens is 581 g/mol. The minimum Gasteiger partial charge on any atom is -0.458 e. The third kappa shape index (κ3) is 5.89. The van der Waals surface area contributed by atoms with Crippen LogP contribution in [-0.4, -0.2) is 40.4 Å². The van der Waals surface area contributed by atoms with Gasteiger partial charge in [-0.3, -0.25) is 9.59 Å². The van der Waals surface area contributed by atoms with Crippen LogP contribution in [-0.2, 0) is 14.3 Å². The summed E-state index contributed by atoms with van der Waals surface area (Å²) in [6, 6.07) is 5.81. The second-order valence-electron chi connectivity index (χ2n) is 16.1. The van der Waals surface area contributed by atoms with Crippen LogP contribution in [0.3, 0.4) is 0 Å². The van der Waals surface area contributed by atoms with Gasteiger partial charge in [-0.15, -0.1) is 0 Å². The fraction of sp³-hybridized carbons (Fsp3) is 0.692. The number of fused-ring (bicyclic) bond motifs is 5. The van der Waals surface area contributed by atoms with Crippen molar-refractivity contribution in [1.29, 1.82) is 0 Å². The minimum absolute atomic E-state index is 0.0359. The van der Waals surface area contributed by atoms with E-state index in [0.29, 0.717) is 37.2 Å². The Morgan fingerprint density at radius 1 is 1.04 bits per heavy atom. The van der Waals surface area contributed by atoms with Gasteiger partial charge in [-0.25, -0.2) is 4.39 Å². The van der Waals surface area contributed by atoms with E-state index in [4.69, 9.17) is 4.74 Å². The number of allylic oxidation sites excluding steroid dienone is 2. The Hall–Kier alpha value is -2.51. The summed E-state index contributed by atoms with van der Waals surface area (Å²) in [7, 11) is 0. The molecule has 3 N–H and O–H groups in total. The summed E-state index contributed by atoms with van der Waals surface area (Å²) >= 11 is 0. The smallest absolute Gasteiger partial charge is 0.303 e. The highest BCUT2D eigenvalue weighted by Gasteiger charge is 2.70. The van der Waals surface area contributed by atoms with E-state index < -0.39 is 12.2 Å². The molecule has 1 amide bonds. The molecule has 0 spiro atoms. The number of amides is 1. The van der Waals surface area contributed by atoms with Gasteiger partial charge >= 0.3 is 5.97 Å². The van der Waals surface area contributed by atoms with Gasteiger partial charge in [0.05, 0.1) is 18.2 Å². The first kappa shape index (κ1) is 34.8. The van der Waals surface area contributed by atoms with Crippen LogP contribution in [0.1, 0.15) is 118 Å². The van der Waals surface area contributed by atoms with Crippen LogP contribution in [0.5, 0.6) is 0 Å². The number of nitrogens with one attached hydrogen (secondary N) is 1. The molecule has 0 bridgehead atoms. The summed E-state index contributed by atoms with van der Waals surface area (Å²) in [5.74, 6) is -0.484. The molecule has 0 saturated heterocycles. The predicted octanol–water partition coefficient (Wildman–Crippen LogP) is 7.60. The first-order valence-electron chi connectivity index (χ1n) is 17.5. The van der Waals surface area contributed by atoms with Crippen LogP contribution in [0.4, 0.5) is 4.39 Å². The quantitative estimate of drug-likeness (QED) is 0.163. The molecule has 7 heteroatoms. The molecule has 0 aliphatic heterocycles. The Kier molecular flexibility index (Phi) is 9.71. The van der Waals surface area contributed by atoms with E-state index in [1.165, 1.54) is 19.1 Å². The molecule has 0 aromatic heterocycles. The Morgan fingerprint density at radius 3 is 2.35 bits per heavy atom.